The molecule has 1 N–H and O–H groups in total. The summed E-state index contributed by atoms with van der Waals surface area (Å²) in [6.45, 7) is 10.9. The smallest absolute Gasteiger partial charge is 0.177 e. The summed E-state index contributed by atoms with van der Waals surface area (Å²) < 4.78 is 2.95. The summed E-state index contributed by atoms with van der Waals surface area (Å²) in [5, 5.41) is 0. The zero-order valence-corrected chi connectivity index (χ0v) is 9.83. The molecule has 0 aromatic carbocycles. The van der Waals surface area contributed by atoms with Crippen LogP contribution in [0.4, 0.5) is 0 Å². The van der Waals surface area contributed by atoms with Gasteiger partial charge in [0.2, 0.25) is 0 Å². The fourth-order valence-corrected chi connectivity index (χ4v) is 1.61. The molecule has 1 unspecified atom stereocenters. The third kappa shape index (κ3) is 2.21. The average molecular weight is 198 g/mol. The summed E-state index contributed by atoms with van der Waals surface area (Å²) in [6.07, 6.45) is 2.08. The Kier molecular flexibility index (Phi) is 2.66. The van der Waals surface area contributed by atoms with Crippen molar-refractivity contribution in [2.75, 3.05) is 0 Å². The number of aromatic amines is 1. The normalized spacial score (nSPS) is 14.5. The molecule has 0 saturated heterocycles. The van der Waals surface area contributed by atoms with E-state index in [2.05, 4.69) is 43.4 Å². The third-order valence-corrected chi connectivity index (χ3v) is 2.85. The van der Waals surface area contributed by atoms with E-state index in [1.54, 1.807) is 0 Å². The van der Waals surface area contributed by atoms with Gasteiger partial charge in [-0.25, -0.2) is 0 Å². The first-order chi connectivity index (χ1) is 5.82. The van der Waals surface area contributed by atoms with Crippen molar-refractivity contribution in [1.29, 1.82) is 0 Å². The van der Waals surface area contributed by atoms with Gasteiger partial charge in [-0.15, -0.1) is 0 Å². The summed E-state index contributed by atoms with van der Waals surface area (Å²) in [4.78, 5) is 3.14. The minimum Gasteiger partial charge on any atom is -0.335 e. The molecule has 0 amide bonds. The predicted octanol–water partition coefficient (Wildman–Crippen LogP) is 3.46. The second-order valence-corrected chi connectivity index (χ2v) is 5.08. The van der Waals surface area contributed by atoms with Crippen molar-refractivity contribution in [2.24, 2.45) is 5.41 Å². The predicted molar refractivity (Wildman–Crippen MR) is 58.5 cm³/mol. The molecule has 1 aromatic heterocycles. The van der Waals surface area contributed by atoms with Gasteiger partial charge in [0.15, 0.2) is 4.77 Å². The Balaban J connectivity index is 3.09. The molecule has 2 nitrogen and oxygen atoms in total. The number of nitrogens with one attached hydrogen (secondary N) is 1. The number of imidazole rings is 1. The highest BCUT2D eigenvalue weighted by molar-refractivity contribution is 7.71. The summed E-state index contributed by atoms with van der Waals surface area (Å²) >= 11 is 5.23. The average Bonchev–Trinajstić information content (AvgIpc) is 2.26. The summed E-state index contributed by atoms with van der Waals surface area (Å²) in [5.41, 5.74) is 1.37. The number of hydrogen-bond acceptors (Lipinski definition) is 1. The van der Waals surface area contributed by atoms with Crippen molar-refractivity contribution in [2.45, 2.75) is 40.7 Å². The van der Waals surface area contributed by atoms with Crippen molar-refractivity contribution in [3.63, 3.8) is 0 Å². The first-order valence-corrected chi connectivity index (χ1v) is 5.01. The van der Waals surface area contributed by atoms with Crippen LogP contribution >= 0.6 is 12.2 Å². The molecule has 0 saturated carbocycles. The summed E-state index contributed by atoms with van der Waals surface area (Å²) in [7, 11) is 0. The highest BCUT2D eigenvalue weighted by Gasteiger charge is 2.21. The summed E-state index contributed by atoms with van der Waals surface area (Å²) in [5.74, 6) is 0. The van der Waals surface area contributed by atoms with Crippen LogP contribution in [0, 0.1) is 17.1 Å². The van der Waals surface area contributed by atoms with Gasteiger partial charge < -0.3 is 9.55 Å². The Morgan fingerprint density at radius 1 is 1.46 bits per heavy atom. The van der Waals surface area contributed by atoms with Crippen LogP contribution in [-0.2, 0) is 0 Å². The van der Waals surface area contributed by atoms with Crippen LogP contribution in [-0.4, -0.2) is 9.55 Å². The quantitative estimate of drug-likeness (QED) is 0.685. The molecule has 0 bridgehead atoms. The van der Waals surface area contributed by atoms with Crippen LogP contribution in [0.15, 0.2) is 6.20 Å². The minimum absolute atomic E-state index is 0.243. The van der Waals surface area contributed by atoms with E-state index in [1.165, 1.54) is 0 Å². The molecule has 0 fully saturated rings. The fraction of sp³-hybridized carbons (Fsp3) is 0.700. The lowest BCUT2D eigenvalue weighted by Gasteiger charge is -2.28. The largest absolute Gasteiger partial charge is 0.335 e. The van der Waals surface area contributed by atoms with Gasteiger partial charge in [0.25, 0.3) is 0 Å². The van der Waals surface area contributed by atoms with Gasteiger partial charge in [-0.05, 0) is 31.5 Å². The molecular weight excluding hydrogens is 180 g/mol. The van der Waals surface area contributed by atoms with E-state index in [0.29, 0.717) is 6.04 Å². The maximum atomic E-state index is 5.23. The molecule has 13 heavy (non-hydrogen) atoms. The van der Waals surface area contributed by atoms with E-state index in [-0.39, 0.29) is 5.41 Å². The van der Waals surface area contributed by atoms with Gasteiger partial charge >= 0.3 is 0 Å². The van der Waals surface area contributed by atoms with Crippen LogP contribution in [0.3, 0.4) is 0 Å². The van der Waals surface area contributed by atoms with E-state index >= 15 is 0 Å². The molecule has 0 aliphatic rings. The van der Waals surface area contributed by atoms with E-state index in [9.17, 15) is 0 Å². The summed E-state index contributed by atoms with van der Waals surface area (Å²) in [6, 6.07) is 0.421. The lowest BCUT2D eigenvalue weighted by atomic mass is 9.88. The van der Waals surface area contributed by atoms with Crippen molar-refractivity contribution >= 4 is 12.2 Å². The van der Waals surface area contributed by atoms with E-state index < -0.39 is 0 Å². The second-order valence-electron chi connectivity index (χ2n) is 4.69. The van der Waals surface area contributed by atoms with Gasteiger partial charge in [0.1, 0.15) is 0 Å². The SMILES string of the molecule is Cc1cn(C(C)C(C)(C)C)c(=S)[nH]1. The fourth-order valence-electron chi connectivity index (χ4n) is 1.24. The van der Waals surface area contributed by atoms with Crippen molar-refractivity contribution in [3.05, 3.63) is 16.7 Å². The maximum absolute atomic E-state index is 5.23. The van der Waals surface area contributed by atoms with Crippen LogP contribution in [0.2, 0.25) is 0 Å². The van der Waals surface area contributed by atoms with E-state index in [4.69, 9.17) is 12.2 Å². The number of aromatic nitrogens is 2. The Bertz CT molecular complexity index is 341. The number of rotatable bonds is 1. The minimum atomic E-state index is 0.243. The number of H-pyrrole nitrogens is 1. The first-order valence-electron chi connectivity index (χ1n) is 4.60. The lowest BCUT2D eigenvalue weighted by molar-refractivity contribution is 0.260. The van der Waals surface area contributed by atoms with Crippen LogP contribution in [0.1, 0.15) is 39.4 Å². The molecule has 1 rings (SSSR count). The van der Waals surface area contributed by atoms with E-state index in [1.807, 2.05) is 6.92 Å². The second kappa shape index (κ2) is 3.29. The standard InChI is InChI=1S/C10H18N2S/c1-7-6-12(9(13)11-7)8(2)10(3,4)5/h6,8H,1-5H3,(H,11,13). The first kappa shape index (κ1) is 10.5. The molecule has 0 aliphatic carbocycles. The van der Waals surface area contributed by atoms with Gasteiger partial charge in [-0.3, -0.25) is 0 Å². The Morgan fingerprint density at radius 2 is 2.00 bits per heavy atom. The molecular formula is C10H18N2S. The third-order valence-electron chi connectivity index (χ3n) is 2.54. The van der Waals surface area contributed by atoms with Crippen molar-refractivity contribution in [1.82, 2.24) is 9.55 Å². The van der Waals surface area contributed by atoms with Gasteiger partial charge in [0, 0.05) is 17.9 Å². The molecule has 0 radical (unpaired) electrons. The maximum Gasteiger partial charge on any atom is 0.177 e. The topological polar surface area (TPSA) is 20.7 Å². The molecule has 1 aromatic rings. The Hall–Kier alpha value is -0.570. The molecule has 0 aliphatic heterocycles. The van der Waals surface area contributed by atoms with Crippen molar-refractivity contribution < 1.29 is 0 Å². The zero-order chi connectivity index (χ0) is 10.2. The highest BCUT2D eigenvalue weighted by atomic mass is 32.1. The van der Waals surface area contributed by atoms with E-state index in [0.717, 1.165) is 10.5 Å². The van der Waals surface area contributed by atoms with Gasteiger partial charge in [0.05, 0.1) is 0 Å². The van der Waals surface area contributed by atoms with Crippen LogP contribution in [0.5, 0.6) is 0 Å². The lowest BCUT2D eigenvalue weighted by Crippen LogP contribution is -2.21. The number of aryl methyl sites for hydroxylation is 1. The van der Waals surface area contributed by atoms with Crippen molar-refractivity contribution in [3.8, 4) is 0 Å². The molecule has 74 valence electrons. The number of hydrogen-bond donors (Lipinski definition) is 1. The van der Waals surface area contributed by atoms with Crippen LogP contribution in [0.25, 0.3) is 0 Å². The van der Waals surface area contributed by atoms with Crippen LogP contribution < -0.4 is 0 Å². The molecule has 1 atom stereocenters. The molecule has 3 heteroatoms. The zero-order valence-electron chi connectivity index (χ0n) is 9.01. The Labute approximate surface area is 85.0 Å². The highest BCUT2D eigenvalue weighted by Crippen LogP contribution is 2.30. The van der Waals surface area contributed by atoms with Gasteiger partial charge in [-0.1, -0.05) is 20.8 Å². The van der Waals surface area contributed by atoms with Gasteiger partial charge in [-0.2, -0.15) is 0 Å². The number of nitrogens with zero attached hydrogens (tertiary/aromatic N) is 1. The Morgan fingerprint density at radius 3 is 2.31 bits per heavy atom. The molecule has 1 heterocycles. The monoisotopic (exact) mass is 198 g/mol. The molecule has 0 spiro atoms.